The van der Waals surface area contributed by atoms with E-state index in [2.05, 4.69) is 5.10 Å². The van der Waals surface area contributed by atoms with Gasteiger partial charge in [-0.05, 0) is 44.9 Å². The van der Waals surface area contributed by atoms with Crippen molar-refractivity contribution in [1.29, 1.82) is 0 Å². The minimum atomic E-state index is -3.22. The van der Waals surface area contributed by atoms with Gasteiger partial charge in [0, 0.05) is 30.6 Å². The van der Waals surface area contributed by atoms with Gasteiger partial charge in [0.25, 0.3) is 11.8 Å². The van der Waals surface area contributed by atoms with Gasteiger partial charge in [-0.1, -0.05) is 0 Å². The molecule has 4 aliphatic rings. The van der Waals surface area contributed by atoms with E-state index in [4.69, 9.17) is 5.73 Å². The van der Waals surface area contributed by atoms with E-state index in [0.29, 0.717) is 43.6 Å². The van der Waals surface area contributed by atoms with E-state index in [0.717, 1.165) is 25.7 Å². The average molecular weight is 423 g/mol. The first kappa shape index (κ1) is 19.0. The summed E-state index contributed by atoms with van der Waals surface area (Å²) in [5.74, 6) is -0.970. The topological polar surface area (TPSA) is 136 Å². The largest absolute Gasteiger partial charge is 0.396 e. The molecule has 0 aromatic carbocycles. The summed E-state index contributed by atoms with van der Waals surface area (Å²) in [5.41, 5.74) is 6.16. The fourth-order valence-corrected chi connectivity index (χ4v) is 7.02. The zero-order valence-corrected chi connectivity index (χ0v) is 17.1. The van der Waals surface area contributed by atoms with Gasteiger partial charge in [-0.2, -0.15) is 5.10 Å². The number of carbonyl (C=O) groups is 2. The van der Waals surface area contributed by atoms with Crippen LogP contribution < -0.4 is 5.73 Å². The van der Waals surface area contributed by atoms with Crippen molar-refractivity contribution < 1.29 is 23.1 Å². The van der Waals surface area contributed by atoms with Crippen molar-refractivity contribution in [3.05, 3.63) is 17.0 Å². The molecule has 2 heterocycles. The molecule has 1 aromatic rings. The molecule has 9 nitrogen and oxygen atoms in total. The van der Waals surface area contributed by atoms with Gasteiger partial charge in [0.15, 0.2) is 15.5 Å². The number of sulfone groups is 1. The molecule has 2 amide bonds. The quantitative estimate of drug-likeness (QED) is 0.599. The second-order valence-electron chi connectivity index (χ2n) is 9.26. The molecule has 0 atom stereocenters. The Morgan fingerprint density at radius 2 is 1.90 bits per heavy atom. The second-order valence-corrected chi connectivity index (χ2v) is 11.9. The summed E-state index contributed by atoms with van der Waals surface area (Å²) in [7, 11) is -3.22. The van der Waals surface area contributed by atoms with Crippen molar-refractivity contribution in [3.63, 3.8) is 0 Å². The van der Waals surface area contributed by atoms with Gasteiger partial charge in [0.05, 0.1) is 16.6 Å². The first-order valence-corrected chi connectivity index (χ1v) is 11.8. The molecule has 0 radical (unpaired) electrons. The van der Waals surface area contributed by atoms with Crippen LogP contribution >= 0.6 is 0 Å². The first-order valence-electron chi connectivity index (χ1n) is 10.3. The first-order chi connectivity index (χ1) is 13.7. The maximum Gasteiger partial charge on any atom is 0.272 e. The highest BCUT2D eigenvalue weighted by Crippen LogP contribution is 2.51. The molecule has 0 saturated heterocycles. The van der Waals surface area contributed by atoms with E-state index in [1.54, 1.807) is 4.90 Å². The molecule has 3 N–H and O–H groups in total. The lowest BCUT2D eigenvalue weighted by Gasteiger charge is -2.31. The zero-order valence-electron chi connectivity index (χ0n) is 16.3. The van der Waals surface area contributed by atoms with Crippen molar-refractivity contribution in [2.75, 3.05) is 19.7 Å². The smallest absolute Gasteiger partial charge is 0.272 e. The fraction of sp³-hybridized carbons (Fsp3) is 0.737. The summed E-state index contributed by atoms with van der Waals surface area (Å²) in [6.07, 6.45) is 4.74. The minimum absolute atomic E-state index is 0.00577. The molecular formula is C19H26N4O5S. The number of aromatic nitrogens is 2. The molecule has 0 spiro atoms. The van der Waals surface area contributed by atoms with Crippen LogP contribution in [0.15, 0.2) is 0 Å². The van der Waals surface area contributed by atoms with Gasteiger partial charge in [-0.15, -0.1) is 0 Å². The van der Waals surface area contributed by atoms with Crippen LogP contribution in [0.4, 0.5) is 0 Å². The summed E-state index contributed by atoms with van der Waals surface area (Å²) in [6.45, 7) is 0.898. The van der Waals surface area contributed by atoms with E-state index >= 15 is 0 Å². The number of aliphatic hydroxyl groups is 1. The maximum absolute atomic E-state index is 13.3. The van der Waals surface area contributed by atoms with Crippen LogP contribution in [0.2, 0.25) is 0 Å². The summed E-state index contributed by atoms with van der Waals surface area (Å²) >= 11 is 0. The third kappa shape index (κ3) is 2.91. The summed E-state index contributed by atoms with van der Waals surface area (Å²) in [4.78, 5) is 26.8. The number of rotatable bonds is 8. The number of aliphatic hydroxyl groups excluding tert-OH is 1. The molecule has 3 aliphatic carbocycles. The number of carbonyl (C=O) groups excluding carboxylic acids is 2. The van der Waals surface area contributed by atoms with Gasteiger partial charge in [-0.25, -0.2) is 8.42 Å². The fourth-order valence-electron chi connectivity index (χ4n) is 4.55. The van der Waals surface area contributed by atoms with Crippen molar-refractivity contribution in [3.8, 4) is 0 Å². The van der Waals surface area contributed by atoms with Crippen molar-refractivity contribution >= 4 is 21.7 Å². The van der Waals surface area contributed by atoms with Crippen molar-refractivity contribution in [1.82, 2.24) is 14.7 Å². The van der Waals surface area contributed by atoms with E-state index in [-0.39, 0.29) is 35.4 Å². The standard InChI is InChI=1S/C19H26N4O5S/c20-16(25)14-13-3-8-22(10-19(6-7-19)29(27,28)12-1-2-12)17(26)15(13)23(21-14)9-18(11-24)4-5-18/h12,24H,1-11H2,(H2,20,25). The van der Waals surface area contributed by atoms with E-state index in [9.17, 15) is 23.1 Å². The summed E-state index contributed by atoms with van der Waals surface area (Å²) < 4.78 is 26.4. The van der Waals surface area contributed by atoms with Crippen molar-refractivity contribution in [2.24, 2.45) is 11.1 Å². The van der Waals surface area contributed by atoms with Gasteiger partial charge >= 0.3 is 0 Å². The number of nitrogens with two attached hydrogens (primary N) is 1. The molecule has 5 rings (SSSR count). The van der Waals surface area contributed by atoms with Crippen LogP contribution in [0.25, 0.3) is 0 Å². The van der Waals surface area contributed by atoms with Gasteiger partial charge < -0.3 is 15.7 Å². The Kier molecular flexibility index (Phi) is 3.97. The molecule has 10 heteroatoms. The Morgan fingerprint density at radius 1 is 1.21 bits per heavy atom. The van der Waals surface area contributed by atoms with E-state index < -0.39 is 20.5 Å². The predicted octanol–water partition coefficient (Wildman–Crippen LogP) is -0.137. The molecule has 0 unspecified atom stereocenters. The lowest BCUT2D eigenvalue weighted by molar-refractivity contribution is 0.0718. The SMILES string of the molecule is NC(=O)c1nn(CC2(CO)CC2)c2c1CCN(CC1(S(=O)(=O)C3CC3)CC1)C2=O. The number of primary amides is 1. The molecule has 1 aliphatic heterocycles. The molecule has 0 bridgehead atoms. The maximum atomic E-state index is 13.3. The Morgan fingerprint density at radius 3 is 2.41 bits per heavy atom. The molecule has 3 saturated carbocycles. The van der Waals surface area contributed by atoms with Crippen LogP contribution in [-0.2, 0) is 22.8 Å². The predicted molar refractivity (Wildman–Crippen MR) is 103 cm³/mol. The monoisotopic (exact) mass is 422 g/mol. The number of nitrogens with zero attached hydrogens (tertiary/aromatic N) is 3. The number of fused-ring (bicyclic) bond motifs is 1. The third-order valence-electron chi connectivity index (χ3n) is 7.04. The lowest BCUT2D eigenvalue weighted by atomic mass is 10.0. The molecule has 1 aromatic heterocycles. The number of amides is 2. The third-order valence-corrected chi connectivity index (χ3v) is 10.1. The molecule has 29 heavy (non-hydrogen) atoms. The Hall–Kier alpha value is -1.94. The van der Waals surface area contributed by atoms with Crippen LogP contribution in [0.5, 0.6) is 0 Å². The van der Waals surface area contributed by atoms with E-state index in [1.807, 2.05) is 0 Å². The minimum Gasteiger partial charge on any atom is -0.396 e. The highest BCUT2D eigenvalue weighted by Gasteiger charge is 2.60. The van der Waals surface area contributed by atoms with Crippen LogP contribution in [0.3, 0.4) is 0 Å². The normalized spacial score (nSPS) is 24.3. The molecular weight excluding hydrogens is 396 g/mol. The van der Waals surface area contributed by atoms with Gasteiger partial charge in [0.1, 0.15) is 5.69 Å². The number of hydrogen-bond donors (Lipinski definition) is 2. The van der Waals surface area contributed by atoms with Crippen molar-refractivity contribution in [2.45, 2.75) is 61.5 Å². The highest BCUT2D eigenvalue weighted by molar-refractivity contribution is 7.94. The Balaban J connectivity index is 1.45. The van der Waals surface area contributed by atoms with Crippen LogP contribution in [0, 0.1) is 5.41 Å². The zero-order chi connectivity index (χ0) is 20.6. The number of hydrogen-bond acceptors (Lipinski definition) is 6. The lowest BCUT2D eigenvalue weighted by Crippen LogP contribution is -2.47. The van der Waals surface area contributed by atoms with Gasteiger partial charge in [0.2, 0.25) is 0 Å². The van der Waals surface area contributed by atoms with Gasteiger partial charge in [-0.3, -0.25) is 14.3 Å². The Labute approximate surface area is 169 Å². The summed E-state index contributed by atoms with van der Waals surface area (Å²) in [6, 6.07) is 0. The average Bonchev–Trinajstić information content (AvgIpc) is 3.54. The molecule has 3 fully saturated rings. The van der Waals surface area contributed by atoms with Crippen LogP contribution in [0.1, 0.15) is 65.1 Å². The van der Waals surface area contributed by atoms with E-state index in [1.165, 1.54) is 4.68 Å². The Bertz CT molecular complexity index is 1000. The van der Waals surface area contributed by atoms with Crippen LogP contribution in [-0.4, -0.2) is 69.7 Å². The highest BCUT2D eigenvalue weighted by atomic mass is 32.2. The second kappa shape index (κ2) is 6.04. The summed E-state index contributed by atoms with van der Waals surface area (Å²) in [5, 5.41) is 13.7. The molecule has 158 valence electrons.